The second-order valence-electron chi connectivity index (χ2n) is 7.76. The van der Waals surface area contributed by atoms with Gasteiger partial charge in [0, 0.05) is 30.4 Å². The van der Waals surface area contributed by atoms with Crippen LogP contribution in [0.4, 0.5) is 0 Å². The molecule has 2 aromatic rings. The van der Waals surface area contributed by atoms with Crippen molar-refractivity contribution in [3.05, 3.63) is 47.5 Å². The molecule has 5 heteroatoms. The van der Waals surface area contributed by atoms with Crippen LogP contribution in [0, 0.1) is 5.92 Å². The largest absolute Gasteiger partial charge is 0.497 e. The number of hydrogen-bond acceptors (Lipinski definition) is 4. The Hall–Kier alpha value is -2.40. The third-order valence-electron chi connectivity index (χ3n) is 6.22. The molecule has 0 unspecified atom stereocenters. The van der Waals surface area contributed by atoms with Crippen LogP contribution in [0.25, 0.3) is 0 Å². The summed E-state index contributed by atoms with van der Waals surface area (Å²) in [6.45, 7) is 4.97. The fraction of sp³-hybridized carbons (Fsp3) is 0.455. The molecule has 3 atom stereocenters. The summed E-state index contributed by atoms with van der Waals surface area (Å²) in [6.07, 6.45) is 2.72. The van der Waals surface area contributed by atoms with Gasteiger partial charge < -0.3 is 18.9 Å². The van der Waals surface area contributed by atoms with Crippen molar-refractivity contribution in [3.63, 3.8) is 0 Å². The maximum Gasteiger partial charge on any atom is 0.235 e. The van der Waals surface area contributed by atoms with E-state index in [2.05, 4.69) is 25.1 Å². The first kappa shape index (κ1) is 16.8. The standard InChI is InChI=1S/C22H25NO4/c1-14-21(15-5-7-16(24-2)8-6-15)17-11-19-20(26-13-25-19)12-18(17)27-22(14)23-9-3-4-10-23/h5-8,11-12,14,21-22H,3-4,9-10,13H2,1-2H3/p+1/t14-,21-,22+/m1/s1. The van der Waals surface area contributed by atoms with Crippen molar-refractivity contribution in [2.45, 2.75) is 31.9 Å². The van der Waals surface area contributed by atoms with Crippen molar-refractivity contribution < 1.29 is 23.8 Å². The molecule has 3 aliphatic rings. The van der Waals surface area contributed by atoms with E-state index in [1.54, 1.807) is 12.0 Å². The molecule has 0 saturated carbocycles. The minimum Gasteiger partial charge on any atom is -0.497 e. The molecule has 2 aromatic carbocycles. The molecule has 3 heterocycles. The first-order valence-corrected chi connectivity index (χ1v) is 9.83. The molecule has 1 fully saturated rings. The lowest BCUT2D eigenvalue weighted by molar-refractivity contribution is -0.937. The Kier molecular flexibility index (Phi) is 4.12. The van der Waals surface area contributed by atoms with Gasteiger partial charge in [0.15, 0.2) is 11.5 Å². The average molecular weight is 368 g/mol. The van der Waals surface area contributed by atoms with Crippen LogP contribution < -0.4 is 23.8 Å². The van der Waals surface area contributed by atoms with Crippen molar-refractivity contribution in [2.75, 3.05) is 27.0 Å². The minimum atomic E-state index is 0.160. The average Bonchev–Trinajstić information content (AvgIpc) is 3.38. The molecule has 0 radical (unpaired) electrons. The Bertz CT molecular complexity index is 829. The molecular weight excluding hydrogens is 342 g/mol. The third-order valence-corrected chi connectivity index (χ3v) is 6.22. The second-order valence-corrected chi connectivity index (χ2v) is 7.76. The molecule has 1 saturated heterocycles. The summed E-state index contributed by atoms with van der Waals surface area (Å²) in [5, 5.41) is 0. The van der Waals surface area contributed by atoms with Crippen LogP contribution in [0.1, 0.15) is 36.8 Å². The molecule has 0 aromatic heterocycles. The van der Waals surface area contributed by atoms with E-state index in [4.69, 9.17) is 18.9 Å². The Morgan fingerprint density at radius 1 is 0.963 bits per heavy atom. The molecule has 142 valence electrons. The summed E-state index contributed by atoms with van der Waals surface area (Å²) in [7, 11) is 1.70. The summed E-state index contributed by atoms with van der Waals surface area (Å²) in [4.78, 5) is 1.56. The second kappa shape index (κ2) is 6.64. The van der Waals surface area contributed by atoms with Crippen molar-refractivity contribution in [1.82, 2.24) is 0 Å². The predicted molar refractivity (Wildman–Crippen MR) is 101 cm³/mol. The lowest BCUT2D eigenvalue weighted by atomic mass is 9.78. The van der Waals surface area contributed by atoms with Crippen molar-refractivity contribution in [3.8, 4) is 23.0 Å². The van der Waals surface area contributed by atoms with Crippen molar-refractivity contribution in [2.24, 2.45) is 5.92 Å². The normalized spacial score (nSPS) is 26.5. The Balaban J connectivity index is 1.60. The number of benzene rings is 2. The smallest absolute Gasteiger partial charge is 0.235 e. The summed E-state index contributed by atoms with van der Waals surface area (Å²) in [6, 6.07) is 12.6. The van der Waals surface area contributed by atoms with Gasteiger partial charge in [-0.25, -0.2) is 0 Å². The molecule has 0 amide bonds. The molecule has 3 aliphatic heterocycles. The van der Waals surface area contributed by atoms with Crippen LogP contribution >= 0.6 is 0 Å². The van der Waals surface area contributed by atoms with E-state index in [1.807, 2.05) is 18.2 Å². The molecule has 0 spiro atoms. The fourth-order valence-electron chi connectivity index (χ4n) is 4.85. The van der Waals surface area contributed by atoms with Crippen molar-refractivity contribution in [1.29, 1.82) is 0 Å². The zero-order valence-corrected chi connectivity index (χ0v) is 15.9. The summed E-state index contributed by atoms with van der Waals surface area (Å²) >= 11 is 0. The summed E-state index contributed by atoms with van der Waals surface area (Å²) in [5.41, 5.74) is 2.47. The van der Waals surface area contributed by atoms with Gasteiger partial charge in [-0.05, 0) is 23.8 Å². The van der Waals surface area contributed by atoms with Gasteiger partial charge in [0.05, 0.1) is 26.1 Å². The molecule has 0 aliphatic carbocycles. The van der Waals surface area contributed by atoms with E-state index in [0.717, 1.165) is 23.0 Å². The zero-order valence-electron chi connectivity index (χ0n) is 15.9. The Morgan fingerprint density at radius 2 is 1.67 bits per heavy atom. The van der Waals surface area contributed by atoms with Crippen LogP contribution in [-0.2, 0) is 0 Å². The SMILES string of the molecule is COc1ccc([C@@H]2c3cc4c(cc3O[C@H]([NH+]3CCCC3)[C@@H]2C)OCO4)cc1. The third kappa shape index (κ3) is 2.81. The van der Waals surface area contributed by atoms with E-state index in [1.165, 1.54) is 37.1 Å². The quantitative estimate of drug-likeness (QED) is 0.904. The van der Waals surface area contributed by atoms with E-state index in [0.29, 0.717) is 5.92 Å². The van der Waals surface area contributed by atoms with Crippen LogP contribution in [0.2, 0.25) is 0 Å². The van der Waals surface area contributed by atoms with E-state index in [9.17, 15) is 0 Å². The number of likely N-dealkylation sites (tertiary alicyclic amines) is 1. The molecule has 1 N–H and O–H groups in total. The number of methoxy groups -OCH3 is 1. The number of ether oxygens (including phenoxy) is 4. The van der Waals surface area contributed by atoms with Crippen molar-refractivity contribution >= 4 is 0 Å². The van der Waals surface area contributed by atoms with E-state index in [-0.39, 0.29) is 18.9 Å². The van der Waals surface area contributed by atoms with Gasteiger partial charge in [-0.1, -0.05) is 19.1 Å². The van der Waals surface area contributed by atoms with Crippen LogP contribution in [-0.4, -0.2) is 33.2 Å². The maximum atomic E-state index is 6.55. The van der Waals surface area contributed by atoms with Crippen LogP contribution in [0.5, 0.6) is 23.0 Å². The highest BCUT2D eigenvalue weighted by Crippen LogP contribution is 2.48. The van der Waals surface area contributed by atoms with Gasteiger partial charge in [0.25, 0.3) is 0 Å². The first-order chi connectivity index (χ1) is 13.2. The van der Waals surface area contributed by atoms with Gasteiger partial charge in [0.2, 0.25) is 13.0 Å². The van der Waals surface area contributed by atoms with Crippen LogP contribution in [0.15, 0.2) is 36.4 Å². The topological polar surface area (TPSA) is 41.4 Å². The number of fused-ring (bicyclic) bond motifs is 2. The summed E-state index contributed by atoms with van der Waals surface area (Å²) < 4.78 is 23.1. The number of nitrogens with one attached hydrogen (secondary N) is 1. The summed E-state index contributed by atoms with van der Waals surface area (Å²) in [5.74, 6) is 4.03. The molecule has 5 nitrogen and oxygen atoms in total. The molecule has 0 bridgehead atoms. The zero-order chi connectivity index (χ0) is 18.4. The molecule has 5 rings (SSSR count). The van der Waals surface area contributed by atoms with Gasteiger partial charge in [-0.15, -0.1) is 0 Å². The number of hydrogen-bond donors (Lipinski definition) is 1. The lowest BCUT2D eigenvalue weighted by Gasteiger charge is -2.39. The van der Waals surface area contributed by atoms with Gasteiger partial charge in [-0.3, -0.25) is 4.90 Å². The van der Waals surface area contributed by atoms with E-state index >= 15 is 0 Å². The number of rotatable bonds is 3. The highest BCUT2D eigenvalue weighted by Gasteiger charge is 2.43. The number of quaternary nitrogens is 1. The van der Waals surface area contributed by atoms with Gasteiger partial charge in [-0.2, -0.15) is 0 Å². The van der Waals surface area contributed by atoms with E-state index < -0.39 is 0 Å². The minimum absolute atomic E-state index is 0.160. The molecular formula is C22H26NO4+. The first-order valence-electron chi connectivity index (χ1n) is 9.83. The Morgan fingerprint density at radius 3 is 2.37 bits per heavy atom. The fourth-order valence-corrected chi connectivity index (χ4v) is 4.85. The highest BCUT2D eigenvalue weighted by atomic mass is 16.7. The van der Waals surface area contributed by atoms with Gasteiger partial charge in [0.1, 0.15) is 11.5 Å². The Labute approximate surface area is 159 Å². The van der Waals surface area contributed by atoms with Gasteiger partial charge >= 0.3 is 0 Å². The predicted octanol–water partition coefficient (Wildman–Crippen LogP) is 2.59. The monoisotopic (exact) mass is 368 g/mol. The maximum absolute atomic E-state index is 6.55. The lowest BCUT2D eigenvalue weighted by Crippen LogP contribution is -3.16. The molecule has 27 heavy (non-hydrogen) atoms. The highest BCUT2D eigenvalue weighted by molar-refractivity contribution is 5.56. The van der Waals surface area contributed by atoms with Crippen LogP contribution in [0.3, 0.4) is 0 Å².